The molecule has 0 atom stereocenters. The third-order valence-electron chi connectivity index (χ3n) is 4.57. The van der Waals surface area contributed by atoms with Crippen molar-refractivity contribution in [2.45, 2.75) is 0 Å². The minimum absolute atomic E-state index is 0.117. The lowest BCUT2D eigenvalue weighted by Crippen LogP contribution is -2.43. The largest absolute Gasteiger partial charge is 0.495 e. The molecule has 1 N–H and O–H groups in total. The van der Waals surface area contributed by atoms with Crippen molar-refractivity contribution in [1.29, 1.82) is 0 Å². The first-order valence-electron chi connectivity index (χ1n) is 8.49. The number of piperazine rings is 1. The number of methoxy groups -OCH3 is 1. The first kappa shape index (κ1) is 16.9. The number of ether oxygens (including phenoxy) is 1. The Morgan fingerprint density at radius 3 is 2.69 bits per heavy atom. The van der Waals surface area contributed by atoms with E-state index in [4.69, 9.17) is 16.3 Å². The lowest BCUT2D eigenvalue weighted by molar-refractivity contribution is 0.415. The summed E-state index contributed by atoms with van der Waals surface area (Å²) in [5.74, 6) is 0.591. The maximum absolute atomic E-state index is 12.7. The summed E-state index contributed by atoms with van der Waals surface area (Å²) in [6, 6.07) is 10.8. The van der Waals surface area contributed by atoms with Crippen molar-refractivity contribution >= 4 is 22.9 Å². The summed E-state index contributed by atoms with van der Waals surface area (Å²) >= 11 is 6.20. The predicted molar refractivity (Wildman–Crippen MR) is 104 cm³/mol. The number of nitrogens with one attached hydrogen (secondary N) is 1. The second-order valence-corrected chi connectivity index (χ2v) is 6.59. The van der Waals surface area contributed by atoms with Crippen LogP contribution < -0.4 is 20.5 Å². The zero-order chi connectivity index (χ0) is 18.1. The summed E-state index contributed by atoms with van der Waals surface area (Å²) in [6.07, 6.45) is 1.86. The summed E-state index contributed by atoms with van der Waals surface area (Å²) in [6.45, 7) is 3.75. The molecule has 2 aromatic heterocycles. The molecule has 0 aliphatic carbocycles. The molecule has 0 saturated carbocycles. The van der Waals surface area contributed by atoms with Crippen molar-refractivity contribution in [2.24, 2.45) is 0 Å². The van der Waals surface area contributed by atoms with Gasteiger partial charge in [-0.15, -0.1) is 0 Å². The van der Waals surface area contributed by atoms with Gasteiger partial charge in [0.05, 0.1) is 23.5 Å². The molecule has 134 valence electrons. The number of benzene rings is 1. The Morgan fingerprint density at radius 1 is 1.15 bits per heavy atom. The Labute approximate surface area is 156 Å². The van der Waals surface area contributed by atoms with Crippen LogP contribution >= 0.6 is 11.6 Å². The van der Waals surface area contributed by atoms with Gasteiger partial charge in [0.1, 0.15) is 11.4 Å². The zero-order valence-corrected chi connectivity index (χ0v) is 15.2. The molecule has 0 amide bonds. The van der Waals surface area contributed by atoms with E-state index in [0.29, 0.717) is 22.1 Å². The number of halogens is 1. The summed E-state index contributed by atoms with van der Waals surface area (Å²) in [7, 11) is 1.57. The van der Waals surface area contributed by atoms with Crippen molar-refractivity contribution in [3.8, 4) is 17.0 Å². The molecule has 7 heteroatoms. The van der Waals surface area contributed by atoms with Crippen molar-refractivity contribution in [3.05, 3.63) is 58.0 Å². The van der Waals surface area contributed by atoms with Gasteiger partial charge < -0.3 is 15.0 Å². The van der Waals surface area contributed by atoms with Gasteiger partial charge in [0.15, 0.2) is 0 Å². The monoisotopic (exact) mass is 370 g/mol. The SMILES string of the molecule is COc1ccc(-c2cc(=O)n3cc(N4CCNCC4)ccc3n2)cc1Cl. The summed E-state index contributed by atoms with van der Waals surface area (Å²) in [4.78, 5) is 19.5. The quantitative estimate of drug-likeness (QED) is 0.767. The van der Waals surface area contributed by atoms with Gasteiger partial charge in [0.25, 0.3) is 5.56 Å². The molecular weight excluding hydrogens is 352 g/mol. The molecule has 1 saturated heterocycles. The molecule has 4 rings (SSSR count). The number of pyridine rings is 1. The van der Waals surface area contributed by atoms with Crippen LogP contribution in [0.25, 0.3) is 16.9 Å². The van der Waals surface area contributed by atoms with Crippen LogP contribution in [0.1, 0.15) is 0 Å². The van der Waals surface area contributed by atoms with Gasteiger partial charge in [-0.25, -0.2) is 4.98 Å². The molecule has 3 aromatic rings. The van der Waals surface area contributed by atoms with E-state index < -0.39 is 0 Å². The van der Waals surface area contributed by atoms with E-state index in [0.717, 1.165) is 37.4 Å². The van der Waals surface area contributed by atoms with E-state index in [1.54, 1.807) is 23.6 Å². The summed E-state index contributed by atoms with van der Waals surface area (Å²) < 4.78 is 6.76. The molecule has 0 spiro atoms. The second-order valence-electron chi connectivity index (χ2n) is 6.18. The number of aromatic nitrogens is 2. The van der Waals surface area contributed by atoms with Crippen LogP contribution in [-0.4, -0.2) is 42.7 Å². The molecule has 1 aliphatic heterocycles. The number of rotatable bonds is 3. The van der Waals surface area contributed by atoms with Gasteiger partial charge in [-0.3, -0.25) is 9.20 Å². The average Bonchev–Trinajstić information content (AvgIpc) is 2.68. The van der Waals surface area contributed by atoms with E-state index in [1.165, 1.54) is 6.07 Å². The maximum Gasteiger partial charge on any atom is 0.258 e. The molecule has 0 bridgehead atoms. The smallest absolute Gasteiger partial charge is 0.258 e. The first-order chi connectivity index (χ1) is 12.7. The van der Waals surface area contributed by atoms with Crippen LogP contribution in [0.4, 0.5) is 5.69 Å². The topological polar surface area (TPSA) is 58.9 Å². The standard InChI is InChI=1S/C19H19ClN4O2/c1-26-17-4-2-13(10-15(17)20)16-11-19(25)24-12-14(3-5-18(24)22-16)23-8-6-21-7-9-23/h2-5,10-12,21H,6-9H2,1H3. The van der Waals surface area contributed by atoms with Gasteiger partial charge in [0.2, 0.25) is 0 Å². The highest BCUT2D eigenvalue weighted by atomic mass is 35.5. The summed E-state index contributed by atoms with van der Waals surface area (Å²) in [5, 5.41) is 3.82. The van der Waals surface area contributed by atoms with Crippen LogP contribution in [0.5, 0.6) is 5.75 Å². The minimum atomic E-state index is -0.117. The van der Waals surface area contributed by atoms with Crippen molar-refractivity contribution in [2.75, 3.05) is 38.2 Å². The zero-order valence-electron chi connectivity index (χ0n) is 14.4. The van der Waals surface area contributed by atoms with E-state index in [-0.39, 0.29) is 5.56 Å². The molecule has 6 nitrogen and oxygen atoms in total. The fourth-order valence-electron chi connectivity index (χ4n) is 3.18. The van der Waals surface area contributed by atoms with E-state index in [1.807, 2.05) is 24.4 Å². The predicted octanol–water partition coefficient (Wildman–Crippen LogP) is 2.43. The molecule has 0 radical (unpaired) electrons. The van der Waals surface area contributed by atoms with E-state index in [2.05, 4.69) is 15.2 Å². The van der Waals surface area contributed by atoms with Crippen LogP contribution in [0.2, 0.25) is 5.02 Å². The lowest BCUT2D eigenvalue weighted by atomic mass is 10.1. The first-order valence-corrected chi connectivity index (χ1v) is 8.86. The number of fused-ring (bicyclic) bond motifs is 1. The molecule has 1 aliphatic rings. The summed E-state index contributed by atoms with van der Waals surface area (Å²) in [5.41, 5.74) is 2.89. The van der Waals surface area contributed by atoms with Gasteiger partial charge in [-0.2, -0.15) is 0 Å². The Balaban J connectivity index is 1.75. The maximum atomic E-state index is 12.7. The third kappa shape index (κ3) is 3.13. The normalized spacial score (nSPS) is 14.6. The molecule has 1 aromatic carbocycles. The Hall–Kier alpha value is -2.57. The molecule has 3 heterocycles. The average molecular weight is 371 g/mol. The highest BCUT2D eigenvalue weighted by Gasteiger charge is 2.13. The highest BCUT2D eigenvalue weighted by Crippen LogP contribution is 2.29. The second kappa shape index (κ2) is 6.97. The van der Waals surface area contributed by atoms with Crippen molar-refractivity contribution < 1.29 is 4.74 Å². The van der Waals surface area contributed by atoms with Gasteiger partial charge in [-0.05, 0) is 30.3 Å². The fourth-order valence-corrected chi connectivity index (χ4v) is 3.43. The Morgan fingerprint density at radius 2 is 1.96 bits per heavy atom. The minimum Gasteiger partial charge on any atom is -0.495 e. The third-order valence-corrected chi connectivity index (χ3v) is 4.87. The fraction of sp³-hybridized carbons (Fsp3) is 0.263. The van der Waals surface area contributed by atoms with Gasteiger partial charge in [-0.1, -0.05) is 11.6 Å². The van der Waals surface area contributed by atoms with Crippen LogP contribution in [0.3, 0.4) is 0 Å². The van der Waals surface area contributed by atoms with Crippen molar-refractivity contribution in [1.82, 2.24) is 14.7 Å². The molecule has 26 heavy (non-hydrogen) atoms. The van der Waals surface area contributed by atoms with Crippen LogP contribution in [0.15, 0.2) is 47.4 Å². The van der Waals surface area contributed by atoms with Crippen LogP contribution in [-0.2, 0) is 0 Å². The molecule has 1 fully saturated rings. The van der Waals surface area contributed by atoms with Crippen molar-refractivity contribution in [3.63, 3.8) is 0 Å². The van der Waals surface area contributed by atoms with Gasteiger partial charge in [0, 0.05) is 44.0 Å². The van der Waals surface area contributed by atoms with Crippen LogP contribution in [0, 0.1) is 0 Å². The number of anilines is 1. The molecule has 0 unspecified atom stereocenters. The number of nitrogens with zero attached hydrogens (tertiary/aromatic N) is 3. The van der Waals surface area contributed by atoms with Gasteiger partial charge >= 0.3 is 0 Å². The number of hydrogen-bond donors (Lipinski definition) is 1. The van der Waals surface area contributed by atoms with E-state index >= 15 is 0 Å². The Bertz CT molecular complexity index is 1010. The Kier molecular flexibility index (Phi) is 4.53. The molecular formula is C19H19ClN4O2. The van der Waals surface area contributed by atoms with E-state index in [9.17, 15) is 4.79 Å². The lowest BCUT2D eigenvalue weighted by Gasteiger charge is -2.29. The highest BCUT2D eigenvalue weighted by molar-refractivity contribution is 6.32. The number of hydrogen-bond acceptors (Lipinski definition) is 5.